The van der Waals surface area contributed by atoms with Crippen molar-refractivity contribution in [3.63, 3.8) is 0 Å². The summed E-state index contributed by atoms with van der Waals surface area (Å²) in [5.41, 5.74) is 16.5. The number of benzene rings is 13. The van der Waals surface area contributed by atoms with Crippen LogP contribution in [0.4, 0.5) is 0 Å². The first-order chi connectivity index (χ1) is 43.6. The van der Waals surface area contributed by atoms with Gasteiger partial charge in [-0.1, -0.05) is 194 Å². The minimum atomic E-state index is 0.337. The monoisotopic (exact) mass is 1120 g/mol. The highest BCUT2D eigenvalue weighted by molar-refractivity contribution is 6.25. The van der Waals surface area contributed by atoms with Gasteiger partial charge in [0.05, 0.1) is 66.9 Å². The zero-order valence-corrected chi connectivity index (χ0v) is 46.9. The Morgan fingerprint density at radius 1 is 0.239 bits per heavy atom. The molecule has 0 bridgehead atoms. The minimum absolute atomic E-state index is 0.337. The van der Waals surface area contributed by atoms with Gasteiger partial charge in [-0.3, -0.25) is 0 Å². The van der Waals surface area contributed by atoms with Crippen LogP contribution in [-0.4, -0.2) is 18.3 Å². The fourth-order valence-electron chi connectivity index (χ4n) is 14.8. The maximum Gasteiger partial charge on any atom is 0.160 e. The molecule has 19 aromatic rings. The number of nitriles is 2. The van der Waals surface area contributed by atoms with Crippen LogP contribution in [0.3, 0.4) is 0 Å². The second-order valence-corrected chi connectivity index (χ2v) is 22.8. The van der Waals surface area contributed by atoms with E-state index in [9.17, 15) is 10.5 Å². The predicted octanol–water partition coefficient (Wildman–Crippen LogP) is 21.0. The molecule has 0 aliphatic heterocycles. The molecule has 0 atom stereocenters. The van der Waals surface area contributed by atoms with Gasteiger partial charge >= 0.3 is 0 Å². The van der Waals surface area contributed by atoms with E-state index in [-0.39, 0.29) is 0 Å². The molecule has 13 aromatic carbocycles. The molecule has 0 amide bonds. The van der Waals surface area contributed by atoms with E-state index in [1.54, 1.807) is 0 Å². The summed E-state index contributed by atoms with van der Waals surface area (Å²) in [4.78, 5) is 0. The summed E-state index contributed by atoms with van der Waals surface area (Å²) in [6.45, 7) is 0. The molecule has 8 nitrogen and oxygen atoms in total. The number of nitrogens with zero attached hydrogens (tertiary/aromatic N) is 6. The van der Waals surface area contributed by atoms with Gasteiger partial charge in [0.15, 0.2) is 11.2 Å². The van der Waals surface area contributed by atoms with Crippen molar-refractivity contribution in [1.29, 1.82) is 10.5 Å². The Kier molecular flexibility index (Phi) is 9.87. The van der Waals surface area contributed by atoms with Gasteiger partial charge in [0.25, 0.3) is 0 Å². The van der Waals surface area contributed by atoms with Crippen LogP contribution in [0.2, 0.25) is 0 Å². The third-order valence-corrected chi connectivity index (χ3v) is 18.4. The maximum absolute atomic E-state index is 13.2. The van der Waals surface area contributed by atoms with Gasteiger partial charge in [0, 0.05) is 64.6 Å². The van der Waals surface area contributed by atoms with Crippen molar-refractivity contribution < 1.29 is 8.83 Å². The van der Waals surface area contributed by atoms with Crippen molar-refractivity contribution in [3.8, 4) is 57.1 Å². The molecule has 406 valence electrons. The SMILES string of the molecule is N#Cc1c(-n2c3ccccc3c3ccccc32)c(-n2c3ccc(-c4ccccc4)cc3c3ccc4c5ccccc5oc4c32)c(C#N)c(-n2c3ccccc3c3ccccc32)c1-n1c2ccc(-c3ccccc3)cc2c2ccc3c4ccccc4oc3c21. The number of hydrogen-bond acceptors (Lipinski definition) is 4. The Morgan fingerprint density at radius 3 is 0.920 bits per heavy atom. The van der Waals surface area contributed by atoms with Crippen molar-refractivity contribution in [1.82, 2.24) is 18.3 Å². The van der Waals surface area contributed by atoms with Crippen molar-refractivity contribution >= 4 is 131 Å². The Bertz CT molecular complexity index is 5840. The van der Waals surface area contributed by atoms with Gasteiger partial charge in [-0.25, -0.2) is 0 Å². The molecule has 0 spiro atoms. The number of rotatable bonds is 6. The molecule has 0 aliphatic carbocycles. The Balaban J connectivity index is 1.11. The largest absolute Gasteiger partial charge is 0.454 e. The Hall–Kier alpha value is -12.4. The third kappa shape index (κ3) is 6.44. The van der Waals surface area contributed by atoms with Crippen LogP contribution in [0.25, 0.3) is 176 Å². The zero-order valence-electron chi connectivity index (χ0n) is 46.9. The van der Waals surface area contributed by atoms with Crippen molar-refractivity contribution in [2.75, 3.05) is 0 Å². The molecule has 0 saturated carbocycles. The van der Waals surface area contributed by atoms with E-state index in [1.807, 2.05) is 48.5 Å². The lowest BCUT2D eigenvalue weighted by Crippen LogP contribution is -2.16. The maximum atomic E-state index is 13.2. The minimum Gasteiger partial charge on any atom is -0.454 e. The quantitative estimate of drug-likeness (QED) is 0.166. The predicted molar refractivity (Wildman–Crippen MR) is 359 cm³/mol. The van der Waals surface area contributed by atoms with Crippen LogP contribution in [0.5, 0.6) is 0 Å². The highest BCUT2D eigenvalue weighted by Gasteiger charge is 2.36. The standard InChI is InChI=1S/C80H44N6O2/c81-45-63-74(84-67-31-15-9-25-53(67)54-26-10-16-32-68(54)84)76(86-70-42-36-50(48-21-5-2-6-22-48)44-62(70)58-38-40-60-56-28-12-18-34-72(56)88-80(60)78(58)86)64(46-82)73(83-65-29-13-7-23-51(65)52-24-8-14-30-66(52)83)75(63)85-69-41-35-49(47-19-3-1-4-20-47)43-61(69)57-37-39-59-55-27-11-17-33-71(55)87-79(59)77(57)85/h1-44H. The zero-order chi connectivity index (χ0) is 57.9. The smallest absolute Gasteiger partial charge is 0.160 e. The van der Waals surface area contributed by atoms with E-state index in [4.69, 9.17) is 8.83 Å². The van der Waals surface area contributed by atoms with Crippen LogP contribution in [0.15, 0.2) is 276 Å². The topological polar surface area (TPSA) is 93.6 Å². The second kappa shape index (κ2) is 18.1. The summed E-state index contributed by atoms with van der Waals surface area (Å²) in [6, 6.07) is 98.9. The van der Waals surface area contributed by atoms with Gasteiger partial charge < -0.3 is 27.1 Å². The molecular weight excluding hydrogens is 1080 g/mol. The van der Waals surface area contributed by atoms with E-state index < -0.39 is 0 Å². The summed E-state index contributed by atoms with van der Waals surface area (Å²) in [7, 11) is 0. The fourth-order valence-corrected chi connectivity index (χ4v) is 14.8. The van der Waals surface area contributed by atoms with E-state index >= 15 is 0 Å². The van der Waals surface area contributed by atoms with Crippen molar-refractivity contribution in [2.24, 2.45) is 0 Å². The lowest BCUT2D eigenvalue weighted by atomic mass is 9.98. The van der Waals surface area contributed by atoms with Gasteiger partial charge in [-0.2, -0.15) is 10.5 Å². The molecule has 0 saturated heterocycles. The van der Waals surface area contributed by atoms with Gasteiger partial charge in [0.2, 0.25) is 0 Å². The van der Waals surface area contributed by atoms with Crippen LogP contribution < -0.4 is 0 Å². The summed E-state index contributed by atoms with van der Waals surface area (Å²) in [6.07, 6.45) is 0. The lowest BCUT2D eigenvalue weighted by molar-refractivity contribution is 0.670. The fraction of sp³-hybridized carbons (Fsp3) is 0. The molecule has 6 heterocycles. The average Bonchev–Trinajstić information content (AvgIpc) is 1.47. The van der Waals surface area contributed by atoms with Gasteiger partial charge in [-0.15, -0.1) is 0 Å². The summed E-state index contributed by atoms with van der Waals surface area (Å²) in [5.74, 6) is 0. The summed E-state index contributed by atoms with van der Waals surface area (Å²) < 4.78 is 23.3. The van der Waals surface area contributed by atoms with Gasteiger partial charge in [-0.05, 0) is 95.1 Å². The highest BCUT2D eigenvalue weighted by Crippen LogP contribution is 2.52. The number of hydrogen-bond donors (Lipinski definition) is 0. The lowest BCUT2D eigenvalue weighted by Gasteiger charge is -2.27. The van der Waals surface area contributed by atoms with Crippen LogP contribution in [0, 0.1) is 22.7 Å². The van der Waals surface area contributed by atoms with Crippen LogP contribution >= 0.6 is 0 Å². The molecule has 6 aromatic heterocycles. The second-order valence-electron chi connectivity index (χ2n) is 22.8. The molecule has 88 heavy (non-hydrogen) atoms. The molecule has 8 heteroatoms. The molecule has 0 radical (unpaired) electrons. The number of para-hydroxylation sites is 6. The van der Waals surface area contributed by atoms with E-state index in [1.165, 1.54) is 0 Å². The molecule has 0 unspecified atom stereocenters. The number of aromatic nitrogens is 4. The summed E-state index contributed by atoms with van der Waals surface area (Å²) in [5, 5.41) is 38.0. The van der Waals surface area contributed by atoms with Crippen LogP contribution in [-0.2, 0) is 0 Å². The first kappa shape index (κ1) is 48.1. The average molecular weight is 1120 g/mol. The molecule has 19 rings (SSSR count). The first-order valence-electron chi connectivity index (χ1n) is 29.5. The Morgan fingerprint density at radius 2 is 0.545 bits per heavy atom. The summed E-state index contributed by atoms with van der Waals surface area (Å²) >= 11 is 0. The van der Waals surface area contributed by atoms with E-state index in [0.717, 1.165) is 142 Å². The molecule has 0 N–H and O–H groups in total. The Labute approximate surface area is 501 Å². The van der Waals surface area contributed by atoms with Crippen molar-refractivity contribution in [3.05, 3.63) is 278 Å². The third-order valence-electron chi connectivity index (χ3n) is 18.4. The van der Waals surface area contributed by atoms with E-state index in [0.29, 0.717) is 45.0 Å². The van der Waals surface area contributed by atoms with Crippen molar-refractivity contribution in [2.45, 2.75) is 0 Å². The number of furan rings is 2. The molecular formula is C80H44N6O2. The molecule has 0 aliphatic rings. The van der Waals surface area contributed by atoms with E-state index in [2.05, 4.69) is 249 Å². The normalized spacial score (nSPS) is 12.1. The van der Waals surface area contributed by atoms with Crippen LogP contribution in [0.1, 0.15) is 11.1 Å². The molecule has 0 fully saturated rings. The first-order valence-corrected chi connectivity index (χ1v) is 29.5. The highest BCUT2D eigenvalue weighted by atomic mass is 16.3. The van der Waals surface area contributed by atoms with Gasteiger partial charge in [0.1, 0.15) is 34.4 Å². The number of fused-ring (bicyclic) bond motifs is 20.